The normalized spacial score (nSPS) is 11.1. The maximum Gasteiger partial charge on any atom is 0.335 e. The molecule has 0 atom stereocenters. The number of rotatable bonds is 5. The molecule has 0 unspecified atom stereocenters. The molecule has 2 aromatic carbocycles. The minimum Gasteiger partial charge on any atom is -0.478 e. The van der Waals surface area contributed by atoms with Gasteiger partial charge in [-0.3, -0.25) is 0 Å². The Bertz CT molecular complexity index is 738. The highest BCUT2D eigenvalue weighted by Gasteiger charge is 2.10. The van der Waals surface area contributed by atoms with Crippen LogP contribution in [0.3, 0.4) is 0 Å². The van der Waals surface area contributed by atoms with Crippen LogP contribution in [0.25, 0.3) is 0 Å². The minimum absolute atomic E-state index is 0.178. The van der Waals surface area contributed by atoms with Gasteiger partial charge >= 0.3 is 5.97 Å². The van der Waals surface area contributed by atoms with Gasteiger partial charge in [0, 0.05) is 11.4 Å². The minimum atomic E-state index is -3.45. The summed E-state index contributed by atoms with van der Waals surface area (Å²) >= 11 is 0. The lowest BCUT2D eigenvalue weighted by Gasteiger charge is -2.08. The molecular weight excluding hydrogens is 292 g/mol. The molecule has 0 heterocycles. The van der Waals surface area contributed by atoms with E-state index >= 15 is 0 Å². The highest BCUT2D eigenvalue weighted by Crippen LogP contribution is 2.19. The van der Waals surface area contributed by atoms with Gasteiger partial charge in [-0.1, -0.05) is 0 Å². The van der Waals surface area contributed by atoms with Crippen molar-refractivity contribution in [2.45, 2.75) is 4.90 Å². The third kappa shape index (κ3) is 3.59. The van der Waals surface area contributed by atoms with E-state index in [0.717, 1.165) is 0 Å². The second-order valence-electron chi connectivity index (χ2n) is 4.24. The highest BCUT2D eigenvalue weighted by molar-refractivity contribution is 7.89. The molecule has 0 aromatic heterocycles. The van der Waals surface area contributed by atoms with Gasteiger partial charge in [-0.05, 0) is 55.6 Å². The molecule has 0 spiro atoms. The van der Waals surface area contributed by atoms with Crippen LogP contribution >= 0.6 is 0 Å². The third-order valence-electron chi connectivity index (χ3n) is 2.85. The van der Waals surface area contributed by atoms with Crippen molar-refractivity contribution in [3.63, 3.8) is 0 Å². The van der Waals surface area contributed by atoms with Crippen LogP contribution in [-0.2, 0) is 10.0 Å². The van der Waals surface area contributed by atoms with Crippen molar-refractivity contribution in [3.05, 3.63) is 54.1 Å². The smallest absolute Gasteiger partial charge is 0.335 e. The fourth-order valence-corrected chi connectivity index (χ4v) is 2.43. The predicted molar refractivity (Wildman–Crippen MR) is 79.4 cm³/mol. The van der Waals surface area contributed by atoms with E-state index in [1.165, 1.54) is 31.3 Å². The van der Waals surface area contributed by atoms with E-state index in [-0.39, 0.29) is 10.5 Å². The first-order valence-electron chi connectivity index (χ1n) is 6.06. The number of nitrogens with one attached hydrogen (secondary N) is 2. The number of carbonyl (C=O) groups is 1. The average Bonchev–Trinajstić information content (AvgIpc) is 2.48. The van der Waals surface area contributed by atoms with Crippen LogP contribution in [0.1, 0.15) is 10.4 Å². The number of aromatic carboxylic acids is 1. The average molecular weight is 306 g/mol. The molecule has 0 saturated heterocycles. The number of hydrogen-bond acceptors (Lipinski definition) is 4. The van der Waals surface area contributed by atoms with Crippen LogP contribution in [0, 0.1) is 0 Å². The van der Waals surface area contributed by atoms with E-state index in [2.05, 4.69) is 10.0 Å². The van der Waals surface area contributed by atoms with Crippen LogP contribution in [0.2, 0.25) is 0 Å². The van der Waals surface area contributed by atoms with Crippen LogP contribution in [0.5, 0.6) is 0 Å². The zero-order valence-electron chi connectivity index (χ0n) is 11.2. The van der Waals surface area contributed by atoms with Gasteiger partial charge in [-0.25, -0.2) is 17.9 Å². The van der Waals surface area contributed by atoms with Gasteiger partial charge in [0.25, 0.3) is 0 Å². The summed E-state index contributed by atoms with van der Waals surface area (Å²) in [6.45, 7) is 0. The molecule has 0 aliphatic carbocycles. The van der Waals surface area contributed by atoms with Crippen molar-refractivity contribution in [1.29, 1.82) is 0 Å². The van der Waals surface area contributed by atoms with Gasteiger partial charge < -0.3 is 10.4 Å². The van der Waals surface area contributed by atoms with Gasteiger partial charge in [0.05, 0.1) is 10.5 Å². The fraction of sp³-hybridized carbons (Fsp3) is 0.0714. The topological polar surface area (TPSA) is 95.5 Å². The van der Waals surface area contributed by atoms with E-state index in [1.807, 2.05) is 0 Å². The molecule has 0 saturated carbocycles. The van der Waals surface area contributed by atoms with Gasteiger partial charge in [0.2, 0.25) is 10.0 Å². The van der Waals surface area contributed by atoms with Gasteiger partial charge in [-0.15, -0.1) is 0 Å². The summed E-state index contributed by atoms with van der Waals surface area (Å²) in [6.07, 6.45) is 0. The molecule has 7 heteroatoms. The second-order valence-corrected chi connectivity index (χ2v) is 6.13. The van der Waals surface area contributed by atoms with Crippen LogP contribution in [0.4, 0.5) is 11.4 Å². The zero-order valence-corrected chi connectivity index (χ0v) is 12.0. The Morgan fingerprint density at radius 1 is 0.952 bits per heavy atom. The van der Waals surface area contributed by atoms with Crippen molar-refractivity contribution in [2.75, 3.05) is 12.4 Å². The zero-order chi connectivity index (χ0) is 15.5. The van der Waals surface area contributed by atoms with Gasteiger partial charge in [0.1, 0.15) is 0 Å². The second kappa shape index (κ2) is 5.94. The SMILES string of the molecule is CNS(=O)(=O)c1ccc(Nc2ccc(C(=O)O)cc2)cc1. The summed E-state index contributed by atoms with van der Waals surface area (Å²) in [5.74, 6) is -0.983. The number of carboxylic acids is 1. The molecule has 2 aromatic rings. The Hall–Kier alpha value is -2.38. The Labute approximate surface area is 122 Å². The summed E-state index contributed by atoms with van der Waals surface area (Å²) in [7, 11) is -2.09. The number of hydrogen-bond donors (Lipinski definition) is 3. The summed E-state index contributed by atoms with van der Waals surface area (Å²) in [4.78, 5) is 10.9. The largest absolute Gasteiger partial charge is 0.478 e. The lowest BCUT2D eigenvalue weighted by Crippen LogP contribution is -2.18. The van der Waals surface area contributed by atoms with Crippen molar-refractivity contribution < 1.29 is 18.3 Å². The first kappa shape index (κ1) is 15.0. The number of anilines is 2. The summed E-state index contributed by atoms with van der Waals surface area (Å²) in [5, 5.41) is 11.9. The molecular formula is C14H14N2O4S. The molecule has 0 aliphatic heterocycles. The molecule has 0 radical (unpaired) electrons. The number of sulfonamides is 1. The van der Waals surface area contributed by atoms with E-state index < -0.39 is 16.0 Å². The highest BCUT2D eigenvalue weighted by atomic mass is 32.2. The Kier molecular flexibility index (Phi) is 4.25. The molecule has 6 nitrogen and oxygen atoms in total. The van der Waals surface area contributed by atoms with E-state index in [1.54, 1.807) is 24.3 Å². The Morgan fingerprint density at radius 3 is 1.86 bits per heavy atom. The van der Waals surface area contributed by atoms with E-state index in [9.17, 15) is 13.2 Å². The lowest BCUT2D eigenvalue weighted by molar-refractivity contribution is 0.0697. The molecule has 2 rings (SSSR count). The van der Waals surface area contributed by atoms with Crippen molar-refractivity contribution >= 4 is 27.4 Å². The summed E-state index contributed by atoms with van der Waals surface area (Å²) in [5.41, 5.74) is 1.62. The molecule has 21 heavy (non-hydrogen) atoms. The lowest BCUT2D eigenvalue weighted by atomic mass is 10.2. The van der Waals surface area contributed by atoms with Gasteiger partial charge in [0.15, 0.2) is 0 Å². The van der Waals surface area contributed by atoms with Gasteiger partial charge in [-0.2, -0.15) is 0 Å². The maximum atomic E-state index is 11.6. The Balaban J connectivity index is 2.15. The van der Waals surface area contributed by atoms with Crippen molar-refractivity contribution in [2.24, 2.45) is 0 Å². The van der Waals surface area contributed by atoms with E-state index in [4.69, 9.17) is 5.11 Å². The summed E-state index contributed by atoms with van der Waals surface area (Å²) in [6, 6.07) is 12.5. The predicted octanol–water partition coefficient (Wildman–Crippen LogP) is 2.04. The quantitative estimate of drug-likeness (QED) is 0.785. The van der Waals surface area contributed by atoms with Crippen molar-refractivity contribution in [3.8, 4) is 0 Å². The summed E-state index contributed by atoms with van der Waals surface area (Å²) < 4.78 is 25.4. The molecule has 110 valence electrons. The molecule has 3 N–H and O–H groups in total. The Morgan fingerprint density at radius 2 is 1.43 bits per heavy atom. The molecule has 0 bridgehead atoms. The van der Waals surface area contributed by atoms with Crippen molar-refractivity contribution in [1.82, 2.24) is 4.72 Å². The van der Waals surface area contributed by atoms with Crippen LogP contribution in [0.15, 0.2) is 53.4 Å². The maximum absolute atomic E-state index is 11.6. The van der Waals surface area contributed by atoms with Crippen LogP contribution < -0.4 is 10.0 Å². The standard InChI is InChI=1S/C14H14N2O4S/c1-15-21(19,20)13-8-6-12(7-9-13)16-11-4-2-10(3-5-11)14(17)18/h2-9,15-16H,1H3,(H,17,18). The fourth-order valence-electron chi connectivity index (χ4n) is 1.70. The van der Waals surface area contributed by atoms with Crippen LogP contribution in [-0.4, -0.2) is 26.5 Å². The number of benzene rings is 2. The first-order valence-corrected chi connectivity index (χ1v) is 7.55. The van der Waals surface area contributed by atoms with E-state index in [0.29, 0.717) is 11.4 Å². The third-order valence-corrected chi connectivity index (χ3v) is 4.28. The number of carboxylic acid groups (broad SMARTS) is 1. The molecule has 0 amide bonds. The first-order chi connectivity index (χ1) is 9.92. The monoisotopic (exact) mass is 306 g/mol. The molecule has 0 fully saturated rings. The molecule has 0 aliphatic rings.